The Bertz CT molecular complexity index is 285. The summed E-state index contributed by atoms with van der Waals surface area (Å²) in [4.78, 5) is 0. The summed E-state index contributed by atoms with van der Waals surface area (Å²) in [6.45, 7) is -2.74. The lowest BCUT2D eigenvalue weighted by molar-refractivity contribution is -0.135. The summed E-state index contributed by atoms with van der Waals surface area (Å²) in [6, 6.07) is 0.0483. The minimum absolute atomic E-state index is 0.0161. The lowest BCUT2D eigenvalue weighted by Gasteiger charge is -2.26. The first kappa shape index (κ1) is 23.1. The van der Waals surface area contributed by atoms with Gasteiger partial charge in [-0.2, -0.15) is 39.5 Å². The van der Waals surface area contributed by atoms with Crippen LogP contribution in [0.1, 0.15) is 38.5 Å². The topological polar surface area (TPSA) is 0 Å². The maximum Gasteiger partial charge on any atom is 0.389 e. The second-order valence-electron chi connectivity index (χ2n) is 5.56. The zero-order valence-corrected chi connectivity index (χ0v) is 14.7. The van der Waals surface area contributed by atoms with Crippen LogP contribution in [0.3, 0.4) is 0 Å². The molecule has 0 saturated carbocycles. The molecule has 0 aromatic heterocycles. The van der Waals surface area contributed by atoms with Crippen molar-refractivity contribution in [1.29, 1.82) is 0 Å². The van der Waals surface area contributed by atoms with E-state index in [1.807, 2.05) is 0 Å². The lowest BCUT2D eigenvalue weighted by Crippen LogP contribution is -2.28. The van der Waals surface area contributed by atoms with E-state index in [1.54, 1.807) is 0 Å². The number of alkyl halides is 9. The first-order valence-corrected chi connectivity index (χ1v) is 11.9. The third-order valence-corrected chi connectivity index (χ3v) is 10.6. The average molecular weight is 441 g/mol. The first-order valence-electron chi connectivity index (χ1n) is 7.01. The van der Waals surface area contributed by atoms with Gasteiger partial charge in [-0.15, -0.1) is 15.3 Å². The smallest absolute Gasteiger partial charge is 0.171 e. The zero-order chi connectivity index (χ0) is 18.4. The molecule has 0 spiro atoms. The number of hydrogen-bond donors (Lipinski definition) is 0. The van der Waals surface area contributed by atoms with Crippen molar-refractivity contribution in [2.24, 2.45) is 0 Å². The molecule has 0 atom stereocenters. The molecule has 0 nitrogen and oxygen atoms in total. The van der Waals surface area contributed by atoms with Crippen LogP contribution in [0, 0.1) is 0 Å². The molecule has 0 fully saturated rings. The zero-order valence-electron chi connectivity index (χ0n) is 12.1. The predicted molar refractivity (Wildman–Crippen MR) is 75.0 cm³/mol. The summed E-state index contributed by atoms with van der Waals surface area (Å²) in [5.74, 6) is 0. The van der Waals surface area contributed by atoms with Gasteiger partial charge in [-0.05, 0) is 37.4 Å². The van der Waals surface area contributed by atoms with E-state index >= 15 is 0 Å². The van der Waals surface area contributed by atoms with Crippen LogP contribution < -0.4 is 0 Å². The monoisotopic (exact) mass is 440 g/mol. The lowest BCUT2D eigenvalue weighted by atomic mass is 10.3. The van der Waals surface area contributed by atoms with E-state index in [4.69, 9.17) is 0 Å². The Labute approximate surface area is 137 Å². The Hall–Kier alpha value is 0.0669. The fraction of sp³-hybridized carbons (Fsp3) is 1.00. The summed E-state index contributed by atoms with van der Waals surface area (Å²) >= 11 is 3.23. The van der Waals surface area contributed by atoms with E-state index in [0.29, 0.717) is 0 Å². The molecule has 23 heavy (non-hydrogen) atoms. The SMILES string of the molecule is FC(F)(F)CCC[Si](Br)(CCCC(F)(F)F)CCCC(F)(F)F. The number of rotatable bonds is 9. The van der Waals surface area contributed by atoms with E-state index in [1.165, 1.54) is 0 Å². The van der Waals surface area contributed by atoms with Gasteiger partial charge in [-0.25, -0.2) is 0 Å². The summed E-state index contributed by atoms with van der Waals surface area (Å²) in [5.41, 5.74) is 0. The molecule has 0 saturated heterocycles. The Morgan fingerprint density at radius 2 is 0.739 bits per heavy atom. The molecule has 0 amide bonds. The largest absolute Gasteiger partial charge is 0.389 e. The van der Waals surface area contributed by atoms with Crippen LogP contribution in [0.25, 0.3) is 0 Å². The first-order chi connectivity index (χ1) is 10.1. The van der Waals surface area contributed by atoms with Crippen molar-refractivity contribution >= 4 is 22.0 Å². The minimum Gasteiger partial charge on any atom is -0.171 e. The Balaban J connectivity index is 4.50. The van der Waals surface area contributed by atoms with Gasteiger partial charge in [-0.1, -0.05) is 0 Å². The highest BCUT2D eigenvalue weighted by atomic mass is 79.9. The molecule has 0 unspecified atom stereocenters. The summed E-state index contributed by atoms with van der Waals surface area (Å²) in [7, 11) is 0. The molecule has 11 heteroatoms. The summed E-state index contributed by atoms with van der Waals surface area (Å²) in [6.07, 6.45) is -17.2. The molecule has 0 aliphatic heterocycles. The van der Waals surface area contributed by atoms with Crippen LogP contribution in [0.5, 0.6) is 0 Å². The number of hydrogen-bond acceptors (Lipinski definition) is 0. The quantitative estimate of drug-likeness (QED) is 0.199. The highest BCUT2D eigenvalue weighted by Crippen LogP contribution is 2.38. The fourth-order valence-corrected chi connectivity index (χ4v) is 7.90. The van der Waals surface area contributed by atoms with Gasteiger partial charge < -0.3 is 0 Å². The van der Waals surface area contributed by atoms with Crippen LogP contribution in [0.2, 0.25) is 18.1 Å². The van der Waals surface area contributed by atoms with Crippen molar-refractivity contribution in [3.63, 3.8) is 0 Å². The third-order valence-electron chi connectivity index (χ3n) is 3.26. The van der Waals surface area contributed by atoms with E-state index < -0.39 is 44.5 Å². The minimum atomic E-state index is -4.37. The van der Waals surface area contributed by atoms with E-state index in [0.717, 1.165) is 0 Å². The van der Waals surface area contributed by atoms with Crippen molar-refractivity contribution in [2.45, 2.75) is 75.2 Å². The average Bonchev–Trinajstić information content (AvgIpc) is 2.22. The molecule has 0 aliphatic carbocycles. The van der Waals surface area contributed by atoms with Gasteiger partial charge in [0.15, 0.2) is 0 Å². The molecule has 0 aliphatic rings. The summed E-state index contributed by atoms with van der Waals surface area (Å²) in [5, 5.41) is 0. The Morgan fingerprint density at radius 3 is 0.913 bits per heavy atom. The standard InChI is InChI=1S/C12H18BrF9Si/c13-23(7-1-4-10(14,15)16,8-2-5-11(17,18)19)9-3-6-12(20,21)22/h1-9H2. The normalized spacial score (nSPS) is 14.3. The summed E-state index contributed by atoms with van der Waals surface area (Å²) < 4.78 is 109. The van der Waals surface area contributed by atoms with E-state index in [2.05, 4.69) is 15.3 Å². The molecule has 0 heterocycles. The van der Waals surface area contributed by atoms with Gasteiger partial charge in [-0.3, -0.25) is 0 Å². The predicted octanol–water partition coefficient (Wildman–Crippen LogP) is 7.35. The van der Waals surface area contributed by atoms with Gasteiger partial charge >= 0.3 is 18.5 Å². The van der Waals surface area contributed by atoms with Crippen LogP contribution in [-0.4, -0.2) is 25.2 Å². The molecule has 0 rings (SSSR count). The van der Waals surface area contributed by atoms with Crippen molar-refractivity contribution < 1.29 is 39.5 Å². The van der Waals surface area contributed by atoms with Crippen molar-refractivity contribution in [2.75, 3.05) is 0 Å². The van der Waals surface area contributed by atoms with Crippen LogP contribution in [0.15, 0.2) is 0 Å². The third kappa shape index (κ3) is 15.3. The molecule has 140 valence electrons. The molecule has 0 N–H and O–H groups in total. The second-order valence-corrected chi connectivity index (χ2v) is 14.4. The van der Waals surface area contributed by atoms with Crippen molar-refractivity contribution in [3.8, 4) is 0 Å². The van der Waals surface area contributed by atoms with Crippen LogP contribution in [-0.2, 0) is 0 Å². The molecule has 0 aromatic rings. The maximum atomic E-state index is 12.1. The molecule has 0 bridgehead atoms. The van der Waals surface area contributed by atoms with Gasteiger partial charge in [0.1, 0.15) is 6.69 Å². The highest BCUT2D eigenvalue weighted by molar-refractivity contribution is 9.26. The highest BCUT2D eigenvalue weighted by Gasteiger charge is 2.36. The van der Waals surface area contributed by atoms with Gasteiger partial charge in [0.05, 0.1) is 0 Å². The Kier molecular flexibility index (Phi) is 8.98. The molecule has 0 radical (unpaired) electrons. The van der Waals surface area contributed by atoms with Crippen LogP contribution >= 0.6 is 15.3 Å². The fourth-order valence-electron chi connectivity index (χ4n) is 2.19. The second kappa shape index (κ2) is 8.96. The molecular formula is C12H18BrF9Si. The molecular weight excluding hydrogens is 423 g/mol. The molecule has 0 aromatic carbocycles. The maximum absolute atomic E-state index is 12.1. The van der Waals surface area contributed by atoms with Crippen LogP contribution in [0.4, 0.5) is 39.5 Å². The van der Waals surface area contributed by atoms with Crippen molar-refractivity contribution in [1.82, 2.24) is 0 Å². The van der Waals surface area contributed by atoms with E-state index in [9.17, 15) is 39.5 Å². The van der Waals surface area contributed by atoms with E-state index in [-0.39, 0.29) is 37.4 Å². The van der Waals surface area contributed by atoms with Gasteiger partial charge in [0.25, 0.3) is 0 Å². The van der Waals surface area contributed by atoms with Gasteiger partial charge in [0.2, 0.25) is 0 Å². The van der Waals surface area contributed by atoms with Crippen molar-refractivity contribution in [3.05, 3.63) is 0 Å². The Morgan fingerprint density at radius 1 is 0.522 bits per heavy atom. The van der Waals surface area contributed by atoms with Gasteiger partial charge in [0, 0.05) is 19.3 Å². The number of halogens is 10.